The molecule has 2 unspecified atom stereocenters. The number of rotatable bonds is 7. The van der Waals surface area contributed by atoms with Crippen LogP contribution in [0.4, 0.5) is 0 Å². The third-order valence-corrected chi connectivity index (χ3v) is 4.04. The maximum absolute atomic E-state index is 12.5. The van der Waals surface area contributed by atoms with Gasteiger partial charge in [-0.1, -0.05) is 37.3 Å². The number of carbonyl (C=O) groups is 1. The smallest absolute Gasteiger partial charge is 0.242 e. The van der Waals surface area contributed by atoms with Crippen molar-refractivity contribution in [3.05, 3.63) is 35.9 Å². The molecule has 0 bridgehead atoms. The first-order valence-electron chi connectivity index (χ1n) is 7.42. The van der Waals surface area contributed by atoms with Gasteiger partial charge < -0.3 is 11.1 Å². The van der Waals surface area contributed by atoms with Gasteiger partial charge in [-0.05, 0) is 37.9 Å². The minimum absolute atomic E-state index is 0. The Bertz CT molecular complexity index is 440. The van der Waals surface area contributed by atoms with Gasteiger partial charge >= 0.3 is 0 Å². The van der Waals surface area contributed by atoms with Crippen molar-refractivity contribution in [1.82, 2.24) is 10.2 Å². The summed E-state index contributed by atoms with van der Waals surface area (Å²) in [4.78, 5) is 14.5. The number of nitrogens with one attached hydrogen (secondary N) is 1. The van der Waals surface area contributed by atoms with Gasteiger partial charge in [0.1, 0.15) is 6.04 Å². The number of amides is 1. The Morgan fingerprint density at radius 2 is 1.91 bits per heavy atom. The van der Waals surface area contributed by atoms with Crippen LogP contribution in [0.25, 0.3) is 0 Å². The lowest BCUT2D eigenvalue weighted by Crippen LogP contribution is -2.44. The molecule has 1 aromatic rings. The summed E-state index contributed by atoms with van der Waals surface area (Å²) in [5, 5.41) is 3.01. The number of nitrogens with zero attached hydrogens (tertiary/aromatic N) is 1. The first-order chi connectivity index (χ1) is 9.63. The molecule has 1 amide bonds. The van der Waals surface area contributed by atoms with Crippen LogP contribution >= 0.6 is 24.8 Å². The van der Waals surface area contributed by atoms with Crippen LogP contribution in [0.2, 0.25) is 0 Å². The van der Waals surface area contributed by atoms with E-state index in [9.17, 15) is 4.79 Å². The third-order valence-electron chi connectivity index (χ3n) is 4.04. The molecule has 0 aromatic heterocycles. The molecule has 2 rings (SSSR count). The Kier molecular flexibility index (Phi) is 9.69. The van der Waals surface area contributed by atoms with Crippen molar-refractivity contribution >= 4 is 30.7 Å². The van der Waals surface area contributed by atoms with E-state index < -0.39 is 0 Å². The Labute approximate surface area is 145 Å². The molecule has 22 heavy (non-hydrogen) atoms. The molecule has 1 aromatic carbocycles. The zero-order valence-corrected chi connectivity index (χ0v) is 14.8. The van der Waals surface area contributed by atoms with E-state index in [1.54, 1.807) is 0 Å². The number of hydrogen-bond donors (Lipinski definition) is 2. The van der Waals surface area contributed by atoms with Gasteiger partial charge in [-0.3, -0.25) is 9.69 Å². The van der Waals surface area contributed by atoms with Gasteiger partial charge in [0.05, 0.1) is 0 Å². The fraction of sp³-hybridized carbons (Fsp3) is 0.562. The number of halogens is 2. The fourth-order valence-corrected chi connectivity index (χ4v) is 2.43. The summed E-state index contributed by atoms with van der Waals surface area (Å²) in [7, 11) is 1.97. The number of nitrogens with two attached hydrogens (primary N) is 1. The molecule has 1 saturated carbocycles. The van der Waals surface area contributed by atoms with E-state index in [2.05, 4.69) is 12.2 Å². The van der Waals surface area contributed by atoms with Gasteiger partial charge in [0.15, 0.2) is 0 Å². The molecular formula is C16H27Cl2N3O. The molecule has 2 atom stereocenters. The average Bonchev–Trinajstić information content (AvgIpc) is 3.30. The largest absolute Gasteiger partial charge is 0.353 e. The first kappa shape index (κ1) is 21.2. The van der Waals surface area contributed by atoms with Gasteiger partial charge in [0, 0.05) is 12.6 Å². The lowest BCUT2D eigenvalue weighted by Gasteiger charge is -2.27. The lowest BCUT2D eigenvalue weighted by molar-refractivity contribution is -0.126. The monoisotopic (exact) mass is 347 g/mol. The van der Waals surface area contributed by atoms with E-state index in [1.807, 2.05) is 42.3 Å². The van der Waals surface area contributed by atoms with Crippen molar-refractivity contribution in [2.24, 2.45) is 11.7 Å². The van der Waals surface area contributed by atoms with Gasteiger partial charge in [0.25, 0.3) is 0 Å². The number of benzene rings is 1. The number of carbonyl (C=O) groups excluding carboxylic acids is 1. The van der Waals surface area contributed by atoms with E-state index in [-0.39, 0.29) is 42.8 Å². The van der Waals surface area contributed by atoms with E-state index in [1.165, 1.54) is 12.8 Å². The molecule has 0 aliphatic heterocycles. The molecule has 4 nitrogen and oxygen atoms in total. The van der Waals surface area contributed by atoms with Crippen LogP contribution in [0.1, 0.15) is 31.4 Å². The van der Waals surface area contributed by atoms with E-state index in [0.29, 0.717) is 12.5 Å². The first-order valence-corrected chi connectivity index (χ1v) is 7.42. The van der Waals surface area contributed by atoms with Crippen molar-refractivity contribution < 1.29 is 4.79 Å². The molecule has 0 heterocycles. The van der Waals surface area contributed by atoms with E-state index in [4.69, 9.17) is 5.73 Å². The second-order valence-electron chi connectivity index (χ2n) is 5.63. The summed E-state index contributed by atoms with van der Waals surface area (Å²) in [6, 6.07) is 9.75. The molecule has 1 fully saturated rings. The molecule has 3 N–H and O–H groups in total. The van der Waals surface area contributed by atoms with Crippen molar-refractivity contribution in [2.75, 3.05) is 20.1 Å². The summed E-state index contributed by atoms with van der Waals surface area (Å²) < 4.78 is 0. The zero-order valence-electron chi connectivity index (χ0n) is 13.2. The third kappa shape index (κ3) is 5.76. The van der Waals surface area contributed by atoms with Crippen LogP contribution in [-0.4, -0.2) is 37.0 Å². The van der Waals surface area contributed by atoms with Crippen LogP contribution in [0.3, 0.4) is 0 Å². The minimum Gasteiger partial charge on any atom is -0.353 e. The molecule has 1 aliphatic carbocycles. The summed E-state index contributed by atoms with van der Waals surface area (Å²) in [5.74, 6) is 0.644. The minimum atomic E-state index is -0.243. The number of likely N-dealkylation sites (N-methyl/N-ethyl adjacent to an activating group) is 1. The van der Waals surface area contributed by atoms with Crippen LogP contribution < -0.4 is 11.1 Å². The molecule has 0 radical (unpaired) electrons. The topological polar surface area (TPSA) is 58.4 Å². The predicted molar refractivity (Wildman–Crippen MR) is 95.7 cm³/mol. The molecule has 0 saturated heterocycles. The Morgan fingerprint density at radius 1 is 1.32 bits per heavy atom. The average molecular weight is 348 g/mol. The van der Waals surface area contributed by atoms with Crippen LogP contribution in [0, 0.1) is 5.92 Å². The van der Waals surface area contributed by atoms with Crippen LogP contribution in [-0.2, 0) is 4.79 Å². The molecular weight excluding hydrogens is 321 g/mol. The highest BCUT2D eigenvalue weighted by Crippen LogP contribution is 2.31. The molecule has 0 spiro atoms. The summed E-state index contributed by atoms with van der Waals surface area (Å²) in [5.41, 5.74) is 7.07. The SMILES string of the molecule is CCN(C)C(C(=O)NCC(N)C1CC1)c1ccccc1.Cl.Cl. The van der Waals surface area contributed by atoms with Crippen LogP contribution in [0.15, 0.2) is 30.3 Å². The quantitative estimate of drug-likeness (QED) is 0.795. The Balaban J connectivity index is 0.00000220. The van der Waals surface area contributed by atoms with Crippen molar-refractivity contribution in [1.29, 1.82) is 0 Å². The zero-order chi connectivity index (χ0) is 14.5. The van der Waals surface area contributed by atoms with Crippen molar-refractivity contribution in [3.8, 4) is 0 Å². The molecule has 126 valence electrons. The highest BCUT2D eigenvalue weighted by atomic mass is 35.5. The van der Waals surface area contributed by atoms with Gasteiger partial charge in [-0.15, -0.1) is 24.8 Å². The normalized spacial score (nSPS) is 16.2. The standard InChI is InChI=1S/C16H25N3O.2ClH/c1-3-19(2)15(13-7-5-4-6-8-13)16(20)18-11-14(17)12-9-10-12;;/h4-8,12,14-15H,3,9-11,17H2,1-2H3,(H,18,20);2*1H. The summed E-state index contributed by atoms with van der Waals surface area (Å²) >= 11 is 0. The molecule has 6 heteroatoms. The van der Waals surface area contributed by atoms with E-state index in [0.717, 1.165) is 12.1 Å². The maximum atomic E-state index is 12.5. The highest BCUT2D eigenvalue weighted by molar-refractivity contribution is 5.85. The Hall–Kier alpha value is -0.810. The predicted octanol–water partition coefficient (Wildman–Crippen LogP) is 2.38. The van der Waals surface area contributed by atoms with Gasteiger partial charge in [-0.2, -0.15) is 0 Å². The van der Waals surface area contributed by atoms with Crippen LogP contribution in [0.5, 0.6) is 0 Å². The molecule has 1 aliphatic rings. The van der Waals surface area contributed by atoms with Crippen molar-refractivity contribution in [3.63, 3.8) is 0 Å². The fourth-order valence-electron chi connectivity index (χ4n) is 2.43. The highest BCUT2D eigenvalue weighted by Gasteiger charge is 2.30. The number of hydrogen-bond acceptors (Lipinski definition) is 3. The van der Waals surface area contributed by atoms with E-state index >= 15 is 0 Å². The lowest BCUT2D eigenvalue weighted by atomic mass is 10.0. The van der Waals surface area contributed by atoms with Gasteiger partial charge in [-0.25, -0.2) is 0 Å². The second kappa shape index (κ2) is 10.1. The van der Waals surface area contributed by atoms with Crippen molar-refractivity contribution in [2.45, 2.75) is 31.8 Å². The summed E-state index contributed by atoms with van der Waals surface area (Å²) in [6.45, 7) is 3.45. The second-order valence-corrected chi connectivity index (χ2v) is 5.63. The maximum Gasteiger partial charge on any atom is 0.242 e. The van der Waals surface area contributed by atoms with Gasteiger partial charge in [0.2, 0.25) is 5.91 Å². The summed E-state index contributed by atoms with van der Waals surface area (Å²) in [6.07, 6.45) is 2.40. The Morgan fingerprint density at radius 3 is 2.41 bits per heavy atom.